The zero-order valence-electron chi connectivity index (χ0n) is 10.1. The van der Waals surface area contributed by atoms with Crippen LogP contribution in [0.25, 0.3) is 0 Å². The van der Waals surface area contributed by atoms with E-state index in [0.29, 0.717) is 6.42 Å². The number of carbonyl (C=O) groups excluding carboxylic acids is 1. The molecule has 86 valence electrons. The molecule has 0 bridgehead atoms. The van der Waals surface area contributed by atoms with Gasteiger partial charge in [-0.3, -0.25) is 9.78 Å². The minimum absolute atomic E-state index is 0.112. The van der Waals surface area contributed by atoms with E-state index < -0.39 is 0 Å². The minimum Gasteiger partial charge on any atom is -0.294 e. The van der Waals surface area contributed by atoms with Gasteiger partial charge in [-0.25, -0.2) is 0 Å². The Labute approximate surface area is 101 Å². The van der Waals surface area contributed by atoms with Gasteiger partial charge in [0.1, 0.15) is 0 Å². The first-order chi connectivity index (χ1) is 8.15. The Hall–Kier alpha value is -1.96. The van der Waals surface area contributed by atoms with Crippen LogP contribution in [0.2, 0.25) is 0 Å². The lowest BCUT2D eigenvalue weighted by molar-refractivity contribution is 0.0992. The molecule has 0 aliphatic carbocycles. The van der Waals surface area contributed by atoms with Crippen molar-refractivity contribution in [2.45, 2.75) is 20.3 Å². The second-order valence-corrected chi connectivity index (χ2v) is 4.29. The summed E-state index contributed by atoms with van der Waals surface area (Å²) in [5.41, 5.74) is 3.84. The van der Waals surface area contributed by atoms with E-state index in [1.165, 1.54) is 0 Å². The van der Waals surface area contributed by atoms with Crippen molar-refractivity contribution in [3.8, 4) is 0 Å². The van der Waals surface area contributed by atoms with E-state index >= 15 is 0 Å². The van der Waals surface area contributed by atoms with Gasteiger partial charge in [-0.1, -0.05) is 35.9 Å². The Morgan fingerprint density at radius 1 is 1.00 bits per heavy atom. The van der Waals surface area contributed by atoms with Crippen LogP contribution < -0.4 is 0 Å². The third-order valence-corrected chi connectivity index (χ3v) is 2.69. The second kappa shape index (κ2) is 4.91. The molecule has 0 fully saturated rings. The van der Waals surface area contributed by atoms with Crippen molar-refractivity contribution in [3.63, 3.8) is 0 Å². The molecule has 0 aliphatic rings. The van der Waals surface area contributed by atoms with Gasteiger partial charge in [0, 0.05) is 17.5 Å². The van der Waals surface area contributed by atoms with Crippen LogP contribution in [-0.4, -0.2) is 10.8 Å². The lowest BCUT2D eigenvalue weighted by Crippen LogP contribution is -2.04. The standard InChI is InChI=1S/C15H15NO/c1-11-3-6-13(7-4-11)15(17)9-14-8-5-12(2)10-16-14/h3-8,10H,9H2,1-2H3. The van der Waals surface area contributed by atoms with E-state index in [2.05, 4.69) is 4.98 Å². The first-order valence-corrected chi connectivity index (χ1v) is 5.66. The number of benzene rings is 1. The number of nitrogens with zero attached hydrogens (tertiary/aromatic N) is 1. The van der Waals surface area contributed by atoms with E-state index in [-0.39, 0.29) is 5.78 Å². The summed E-state index contributed by atoms with van der Waals surface area (Å²) in [6.07, 6.45) is 2.15. The van der Waals surface area contributed by atoms with Gasteiger partial charge in [-0.15, -0.1) is 0 Å². The molecule has 2 aromatic rings. The fraction of sp³-hybridized carbons (Fsp3) is 0.200. The number of hydrogen-bond acceptors (Lipinski definition) is 2. The predicted octanol–water partition coefficient (Wildman–Crippen LogP) is 3.12. The molecule has 2 nitrogen and oxygen atoms in total. The van der Waals surface area contributed by atoms with Crippen LogP contribution in [0.5, 0.6) is 0 Å². The molecule has 0 N–H and O–H groups in total. The molecule has 1 aromatic heterocycles. The van der Waals surface area contributed by atoms with Crippen LogP contribution in [0.4, 0.5) is 0 Å². The fourth-order valence-electron chi connectivity index (χ4n) is 1.61. The number of ketones is 1. The maximum absolute atomic E-state index is 12.0. The van der Waals surface area contributed by atoms with Crippen molar-refractivity contribution in [2.75, 3.05) is 0 Å². The van der Waals surface area contributed by atoms with Crippen molar-refractivity contribution in [1.29, 1.82) is 0 Å². The minimum atomic E-state index is 0.112. The summed E-state index contributed by atoms with van der Waals surface area (Å²) in [5, 5.41) is 0. The van der Waals surface area contributed by atoms with E-state index in [4.69, 9.17) is 0 Å². The molecule has 1 heterocycles. The summed E-state index contributed by atoms with van der Waals surface area (Å²) in [5.74, 6) is 0.112. The lowest BCUT2D eigenvalue weighted by Gasteiger charge is -2.02. The molecular formula is C15H15NO. The van der Waals surface area contributed by atoms with Gasteiger partial charge in [0.25, 0.3) is 0 Å². The molecule has 0 radical (unpaired) electrons. The highest BCUT2D eigenvalue weighted by atomic mass is 16.1. The molecule has 0 amide bonds. The molecule has 2 rings (SSSR count). The Kier molecular flexibility index (Phi) is 3.33. The van der Waals surface area contributed by atoms with Gasteiger partial charge in [0.15, 0.2) is 5.78 Å². The van der Waals surface area contributed by atoms with Crippen LogP contribution in [0.3, 0.4) is 0 Å². The number of Topliss-reactive ketones (excluding diaryl/α,β-unsaturated/α-hetero) is 1. The third kappa shape index (κ3) is 3.00. The molecule has 2 heteroatoms. The van der Waals surface area contributed by atoms with Crippen molar-refractivity contribution in [3.05, 3.63) is 65.0 Å². The van der Waals surface area contributed by atoms with Gasteiger partial charge in [-0.2, -0.15) is 0 Å². The zero-order chi connectivity index (χ0) is 12.3. The van der Waals surface area contributed by atoms with E-state index in [1.54, 1.807) is 6.20 Å². The number of aryl methyl sites for hydroxylation is 2. The molecule has 0 atom stereocenters. The maximum Gasteiger partial charge on any atom is 0.168 e. The van der Waals surface area contributed by atoms with E-state index in [0.717, 1.165) is 22.4 Å². The Morgan fingerprint density at radius 3 is 2.24 bits per heavy atom. The van der Waals surface area contributed by atoms with Crippen molar-refractivity contribution in [2.24, 2.45) is 0 Å². The number of pyridine rings is 1. The number of hydrogen-bond donors (Lipinski definition) is 0. The average Bonchev–Trinajstić information content (AvgIpc) is 2.33. The highest BCUT2D eigenvalue weighted by Crippen LogP contribution is 2.08. The van der Waals surface area contributed by atoms with Crippen molar-refractivity contribution >= 4 is 5.78 Å². The normalized spacial score (nSPS) is 10.2. The van der Waals surface area contributed by atoms with Crippen molar-refractivity contribution < 1.29 is 4.79 Å². The molecule has 1 aromatic carbocycles. The molecule has 17 heavy (non-hydrogen) atoms. The van der Waals surface area contributed by atoms with Gasteiger partial charge < -0.3 is 0 Å². The molecule has 0 aliphatic heterocycles. The van der Waals surface area contributed by atoms with Gasteiger partial charge in [0.2, 0.25) is 0 Å². The quantitative estimate of drug-likeness (QED) is 0.751. The monoisotopic (exact) mass is 225 g/mol. The van der Waals surface area contributed by atoms with Gasteiger partial charge in [-0.05, 0) is 25.5 Å². The van der Waals surface area contributed by atoms with Crippen LogP contribution in [0.15, 0.2) is 42.6 Å². The summed E-state index contributed by atoms with van der Waals surface area (Å²) in [6.45, 7) is 3.99. The third-order valence-electron chi connectivity index (χ3n) is 2.69. The summed E-state index contributed by atoms with van der Waals surface area (Å²) < 4.78 is 0. The molecule has 0 spiro atoms. The van der Waals surface area contributed by atoms with Crippen LogP contribution in [0.1, 0.15) is 27.2 Å². The summed E-state index contributed by atoms with van der Waals surface area (Å²) in [7, 11) is 0. The van der Waals surface area contributed by atoms with Crippen LogP contribution >= 0.6 is 0 Å². The average molecular weight is 225 g/mol. The summed E-state index contributed by atoms with van der Waals surface area (Å²) in [6, 6.07) is 11.5. The van der Waals surface area contributed by atoms with Crippen molar-refractivity contribution in [1.82, 2.24) is 4.98 Å². The second-order valence-electron chi connectivity index (χ2n) is 4.29. The smallest absolute Gasteiger partial charge is 0.168 e. The fourth-order valence-corrected chi connectivity index (χ4v) is 1.61. The maximum atomic E-state index is 12.0. The first kappa shape index (κ1) is 11.5. The van der Waals surface area contributed by atoms with Gasteiger partial charge >= 0.3 is 0 Å². The number of aromatic nitrogens is 1. The lowest BCUT2D eigenvalue weighted by atomic mass is 10.0. The summed E-state index contributed by atoms with van der Waals surface area (Å²) in [4.78, 5) is 16.2. The highest BCUT2D eigenvalue weighted by molar-refractivity contribution is 5.97. The Balaban J connectivity index is 2.11. The van der Waals surface area contributed by atoms with Gasteiger partial charge in [0.05, 0.1) is 6.42 Å². The number of carbonyl (C=O) groups is 1. The molecule has 0 saturated heterocycles. The SMILES string of the molecule is Cc1ccc(C(=O)Cc2ccc(C)cn2)cc1. The molecule has 0 unspecified atom stereocenters. The molecular weight excluding hydrogens is 210 g/mol. The Bertz CT molecular complexity index is 512. The number of rotatable bonds is 3. The highest BCUT2D eigenvalue weighted by Gasteiger charge is 2.07. The Morgan fingerprint density at radius 2 is 1.65 bits per heavy atom. The van der Waals surface area contributed by atoms with Crippen LogP contribution in [0, 0.1) is 13.8 Å². The topological polar surface area (TPSA) is 30.0 Å². The van der Waals surface area contributed by atoms with E-state index in [1.807, 2.05) is 50.2 Å². The molecule has 0 saturated carbocycles. The zero-order valence-corrected chi connectivity index (χ0v) is 10.1. The van der Waals surface area contributed by atoms with Crippen LogP contribution in [-0.2, 0) is 6.42 Å². The summed E-state index contributed by atoms with van der Waals surface area (Å²) >= 11 is 0. The first-order valence-electron chi connectivity index (χ1n) is 5.66. The largest absolute Gasteiger partial charge is 0.294 e. The predicted molar refractivity (Wildman–Crippen MR) is 68.2 cm³/mol. The van der Waals surface area contributed by atoms with E-state index in [9.17, 15) is 4.79 Å².